The van der Waals surface area contributed by atoms with Crippen molar-refractivity contribution in [2.45, 2.75) is 20.4 Å². The van der Waals surface area contributed by atoms with Crippen molar-refractivity contribution in [3.05, 3.63) is 76.2 Å². The third-order valence-corrected chi connectivity index (χ3v) is 3.60. The van der Waals surface area contributed by atoms with Crippen LogP contribution in [0.4, 0.5) is 0 Å². The Morgan fingerprint density at radius 1 is 1.19 bits per heavy atom. The zero-order valence-corrected chi connectivity index (χ0v) is 12.1. The standard InChI is InChI=1S/C17H17N3O/c1-12-5-3-6-14(9-12)15-7-4-8-20(17(15)21)10-16-13(2)18-11-19-16/h3-9,11H,10H2,1-2H3,(H,18,19). The van der Waals surface area contributed by atoms with Crippen LogP contribution >= 0.6 is 0 Å². The molecule has 1 N–H and O–H groups in total. The van der Waals surface area contributed by atoms with Crippen molar-refractivity contribution in [3.8, 4) is 11.1 Å². The van der Waals surface area contributed by atoms with Gasteiger partial charge in [-0.05, 0) is 31.5 Å². The van der Waals surface area contributed by atoms with Gasteiger partial charge in [-0.2, -0.15) is 0 Å². The summed E-state index contributed by atoms with van der Waals surface area (Å²) in [5.41, 5.74) is 4.69. The highest BCUT2D eigenvalue weighted by molar-refractivity contribution is 5.63. The first-order valence-corrected chi connectivity index (χ1v) is 6.90. The van der Waals surface area contributed by atoms with E-state index < -0.39 is 0 Å². The van der Waals surface area contributed by atoms with E-state index in [0.717, 1.165) is 28.1 Å². The third-order valence-electron chi connectivity index (χ3n) is 3.60. The summed E-state index contributed by atoms with van der Waals surface area (Å²) in [4.78, 5) is 19.9. The van der Waals surface area contributed by atoms with Crippen molar-refractivity contribution < 1.29 is 0 Å². The van der Waals surface area contributed by atoms with E-state index in [-0.39, 0.29) is 5.56 Å². The van der Waals surface area contributed by atoms with Gasteiger partial charge in [-0.3, -0.25) is 4.79 Å². The number of aromatic amines is 1. The van der Waals surface area contributed by atoms with Gasteiger partial charge >= 0.3 is 0 Å². The number of hydrogen-bond donors (Lipinski definition) is 1. The maximum Gasteiger partial charge on any atom is 0.258 e. The van der Waals surface area contributed by atoms with Crippen LogP contribution in [0, 0.1) is 13.8 Å². The number of aryl methyl sites for hydroxylation is 2. The first-order valence-electron chi connectivity index (χ1n) is 6.90. The Labute approximate surface area is 123 Å². The minimum atomic E-state index is 0.00509. The molecule has 0 amide bonds. The van der Waals surface area contributed by atoms with E-state index in [1.807, 2.05) is 50.2 Å². The van der Waals surface area contributed by atoms with Crippen molar-refractivity contribution in [2.75, 3.05) is 0 Å². The molecule has 0 atom stereocenters. The van der Waals surface area contributed by atoms with Gasteiger partial charge in [0.2, 0.25) is 0 Å². The van der Waals surface area contributed by atoms with E-state index in [1.165, 1.54) is 0 Å². The van der Waals surface area contributed by atoms with E-state index >= 15 is 0 Å². The molecule has 21 heavy (non-hydrogen) atoms. The second-order valence-corrected chi connectivity index (χ2v) is 5.20. The molecule has 1 aromatic carbocycles. The van der Waals surface area contributed by atoms with E-state index in [9.17, 15) is 4.79 Å². The van der Waals surface area contributed by atoms with E-state index in [2.05, 4.69) is 9.97 Å². The average molecular weight is 279 g/mol. The molecular weight excluding hydrogens is 262 g/mol. The quantitative estimate of drug-likeness (QED) is 0.801. The van der Waals surface area contributed by atoms with Crippen LogP contribution in [-0.4, -0.2) is 14.5 Å². The van der Waals surface area contributed by atoms with Crippen LogP contribution in [0.3, 0.4) is 0 Å². The maximum absolute atomic E-state index is 12.6. The first kappa shape index (κ1) is 13.4. The van der Waals surface area contributed by atoms with E-state index in [4.69, 9.17) is 0 Å². The lowest BCUT2D eigenvalue weighted by molar-refractivity contribution is 0.740. The summed E-state index contributed by atoms with van der Waals surface area (Å²) in [7, 11) is 0. The van der Waals surface area contributed by atoms with E-state index in [1.54, 1.807) is 17.1 Å². The number of imidazole rings is 1. The van der Waals surface area contributed by atoms with Crippen LogP contribution in [0.15, 0.2) is 53.7 Å². The van der Waals surface area contributed by atoms with Gasteiger partial charge in [0.1, 0.15) is 0 Å². The molecule has 0 aliphatic rings. The molecule has 0 aliphatic heterocycles. The molecule has 0 fully saturated rings. The number of nitrogens with one attached hydrogen (secondary N) is 1. The predicted molar refractivity (Wildman–Crippen MR) is 83.3 cm³/mol. The van der Waals surface area contributed by atoms with Crippen LogP contribution in [0.1, 0.15) is 17.0 Å². The van der Waals surface area contributed by atoms with Crippen LogP contribution < -0.4 is 5.56 Å². The molecule has 2 aromatic heterocycles. The Morgan fingerprint density at radius 2 is 2.05 bits per heavy atom. The summed E-state index contributed by atoms with van der Waals surface area (Å²) < 4.78 is 1.70. The van der Waals surface area contributed by atoms with Gasteiger partial charge in [0.15, 0.2) is 0 Å². The molecule has 0 radical (unpaired) electrons. The summed E-state index contributed by atoms with van der Waals surface area (Å²) >= 11 is 0. The molecule has 3 aromatic rings. The molecular formula is C17H17N3O. The molecule has 0 unspecified atom stereocenters. The van der Waals surface area contributed by atoms with Gasteiger partial charge in [-0.1, -0.05) is 29.8 Å². The number of hydrogen-bond acceptors (Lipinski definition) is 2. The van der Waals surface area contributed by atoms with Gasteiger partial charge in [0.05, 0.1) is 18.6 Å². The molecule has 3 rings (SSSR count). The van der Waals surface area contributed by atoms with Crippen molar-refractivity contribution in [3.63, 3.8) is 0 Å². The van der Waals surface area contributed by atoms with Crippen molar-refractivity contribution in [1.82, 2.24) is 14.5 Å². The summed E-state index contributed by atoms with van der Waals surface area (Å²) in [5, 5.41) is 0. The molecule has 106 valence electrons. The largest absolute Gasteiger partial charge is 0.348 e. The first-order chi connectivity index (χ1) is 10.1. The molecule has 4 nitrogen and oxygen atoms in total. The summed E-state index contributed by atoms with van der Waals surface area (Å²) in [6, 6.07) is 11.8. The van der Waals surface area contributed by atoms with Gasteiger partial charge in [0, 0.05) is 17.5 Å². The Kier molecular flexibility index (Phi) is 3.44. The van der Waals surface area contributed by atoms with Crippen LogP contribution in [0.25, 0.3) is 11.1 Å². The highest BCUT2D eigenvalue weighted by atomic mass is 16.1. The number of benzene rings is 1. The second kappa shape index (κ2) is 5.40. The third kappa shape index (κ3) is 2.65. The number of aromatic nitrogens is 3. The van der Waals surface area contributed by atoms with Gasteiger partial charge in [0.25, 0.3) is 5.56 Å². The maximum atomic E-state index is 12.6. The zero-order valence-electron chi connectivity index (χ0n) is 12.1. The lowest BCUT2D eigenvalue weighted by Gasteiger charge is -2.08. The SMILES string of the molecule is Cc1cccc(-c2cccn(Cc3nc[nH]c3C)c2=O)c1. The Hall–Kier alpha value is -2.62. The van der Waals surface area contributed by atoms with Gasteiger partial charge in [-0.15, -0.1) is 0 Å². The van der Waals surface area contributed by atoms with Crippen molar-refractivity contribution >= 4 is 0 Å². The summed E-state index contributed by atoms with van der Waals surface area (Å²) in [6.07, 6.45) is 3.45. The summed E-state index contributed by atoms with van der Waals surface area (Å²) in [5.74, 6) is 0. The minimum absolute atomic E-state index is 0.00509. The second-order valence-electron chi connectivity index (χ2n) is 5.20. The number of pyridine rings is 1. The normalized spacial score (nSPS) is 10.8. The molecule has 0 saturated heterocycles. The van der Waals surface area contributed by atoms with Crippen molar-refractivity contribution in [2.24, 2.45) is 0 Å². The summed E-state index contributed by atoms with van der Waals surface area (Å²) in [6.45, 7) is 4.46. The van der Waals surface area contributed by atoms with Crippen LogP contribution in [-0.2, 0) is 6.54 Å². The number of rotatable bonds is 3. The fourth-order valence-electron chi connectivity index (χ4n) is 2.40. The smallest absolute Gasteiger partial charge is 0.258 e. The molecule has 0 spiro atoms. The Balaban J connectivity index is 2.03. The van der Waals surface area contributed by atoms with E-state index in [0.29, 0.717) is 6.54 Å². The zero-order chi connectivity index (χ0) is 14.8. The lowest BCUT2D eigenvalue weighted by Crippen LogP contribution is -2.21. The fraction of sp³-hybridized carbons (Fsp3) is 0.176. The monoisotopic (exact) mass is 279 g/mol. The number of nitrogens with zero attached hydrogens (tertiary/aromatic N) is 2. The van der Waals surface area contributed by atoms with Crippen molar-refractivity contribution in [1.29, 1.82) is 0 Å². The fourth-order valence-corrected chi connectivity index (χ4v) is 2.40. The average Bonchev–Trinajstić information content (AvgIpc) is 2.86. The van der Waals surface area contributed by atoms with Crippen LogP contribution in [0.5, 0.6) is 0 Å². The van der Waals surface area contributed by atoms with Gasteiger partial charge < -0.3 is 9.55 Å². The highest BCUT2D eigenvalue weighted by Gasteiger charge is 2.08. The molecule has 2 heterocycles. The number of H-pyrrole nitrogens is 1. The van der Waals surface area contributed by atoms with Crippen LogP contribution in [0.2, 0.25) is 0 Å². The lowest BCUT2D eigenvalue weighted by atomic mass is 10.1. The topological polar surface area (TPSA) is 50.7 Å². The minimum Gasteiger partial charge on any atom is -0.348 e. The Bertz CT molecular complexity index is 830. The molecule has 0 bridgehead atoms. The molecule has 0 saturated carbocycles. The molecule has 0 aliphatic carbocycles. The highest BCUT2D eigenvalue weighted by Crippen LogP contribution is 2.16. The van der Waals surface area contributed by atoms with Gasteiger partial charge in [-0.25, -0.2) is 4.98 Å². The predicted octanol–water partition coefficient (Wildman–Crippen LogP) is 2.90. The molecule has 4 heteroatoms. The Morgan fingerprint density at radius 3 is 2.76 bits per heavy atom.